The van der Waals surface area contributed by atoms with E-state index in [1.165, 1.54) is 11.3 Å². The number of rotatable bonds is 3. The molecule has 0 aliphatic rings. The standard InChI is InChI=1S/C21H15Cl2N3O2S2/c1-10-3-4-12(8-13(10)22)16-5-6-17(28-16)19(27)25-20(29)26-21-24-15-9-14(23)11(2)7-18(15)30-21/h3-9H,1-2H3,(H2,24,25,26,27,29). The van der Waals surface area contributed by atoms with Gasteiger partial charge in [-0.15, -0.1) is 0 Å². The molecule has 0 aliphatic heterocycles. The van der Waals surface area contributed by atoms with Gasteiger partial charge < -0.3 is 9.73 Å². The highest BCUT2D eigenvalue weighted by atomic mass is 35.5. The number of hydrogen-bond donors (Lipinski definition) is 2. The average molecular weight is 476 g/mol. The second-order valence-corrected chi connectivity index (χ2v) is 8.88. The molecule has 1 amide bonds. The SMILES string of the molecule is Cc1ccc(-c2ccc(C(=O)NC(=S)Nc3nc4cc(Cl)c(C)cc4s3)o2)cc1Cl. The number of amides is 1. The van der Waals surface area contributed by atoms with Crippen LogP contribution in [-0.2, 0) is 0 Å². The lowest BCUT2D eigenvalue weighted by molar-refractivity contribution is 0.0951. The van der Waals surface area contributed by atoms with Crippen LogP contribution in [-0.4, -0.2) is 16.0 Å². The van der Waals surface area contributed by atoms with Crippen molar-refractivity contribution in [3.63, 3.8) is 0 Å². The first kappa shape index (κ1) is 20.8. The number of hydrogen-bond acceptors (Lipinski definition) is 5. The number of aromatic nitrogens is 1. The minimum atomic E-state index is -0.461. The predicted molar refractivity (Wildman–Crippen MR) is 127 cm³/mol. The molecule has 0 saturated carbocycles. The molecule has 5 nitrogen and oxygen atoms in total. The Morgan fingerprint density at radius 2 is 1.83 bits per heavy atom. The van der Waals surface area contributed by atoms with Gasteiger partial charge in [0.1, 0.15) is 5.76 Å². The molecular formula is C21H15Cl2N3O2S2. The summed E-state index contributed by atoms with van der Waals surface area (Å²) in [6.45, 7) is 3.85. The van der Waals surface area contributed by atoms with Gasteiger partial charge in [-0.2, -0.15) is 0 Å². The first-order valence-electron chi connectivity index (χ1n) is 8.85. The largest absolute Gasteiger partial charge is 0.451 e. The van der Waals surface area contributed by atoms with E-state index in [1.54, 1.807) is 24.3 Å². The van der Waals surface area contributed by atoms with Gasteiger partial charge in [0.05, 0.1) is 10.2 Å². The summed E-state index contributed by atoms with van der Waals surface area (Å²) in [5.41, 5.74) is 3.49. The molecule has 30 heavy (non-hydrogen) atoms. The molecule has 2 aromatic carbocycles. The molecule has 2 heterocycles. The summed E-state index contributed by atoms with van der Waals surface area (Å²) in [4.78, 5) is 16.9. The van der Waals surface area contributed by atoms with E-state index in [2.05, 4.69) is 15.6 Å². The van der Waals surface area contributed by atoms with E-state index < -0.39 is 5.91 Å². The monoisotopic (exact) mass is 475 g/mol. The quantitative estimate of drug-likeness (QED) is 0.326. The van der Waals surface area contributed by atoms with E-state index in [0.29, 0.717) is 20.9 Å². The molecule has 0 aliphatic carbocycles. The van der Waals surface area contributed by atoms with Gasteiger partial charge in [-0.25, -0.2) is 4.98 Å². The number of halogens is 2. The third-order valence-electron chi connectivity index (χ3n) is 4.40. The maximum atomic E-state index is 12.5. The Bertz CT molecular complexity index is 1260. The van der Waals surface area contributed by atoms with Gasteiger partial charge in [0.15, 0.2) is 16.0 Å². The normalized spacial score (nSPS) is 10.9. The number of furan rings is 1. The number of aryl methyl sites for hydroxylation is 2. The van der Waals surface area contributed by atoms with Crippen molar-refractivity contribution in [2.45, 2.75) is 13.8 Å². The molecule has 9 heteroatoms. The van der Waals surface area contributed by atoms with E-state index in [1.807, 2.05) is 32.0 Å². The Hall–Kier alpha value is -2.45. The van der Waals surface area contributed by atoms with Crippen LogP contribution in [0, 0.1) is 13.8 Å². The van der Waals surface area contributed by atoms with Crippen molar-refractivity contribution < 1.29 is 9.21 Å². The number of benzene rings is 2. The molecule has 2 N–H and O–H groups in total. The summed E-state index contributed by atoms with van der Waals surface area (Å²) in [7, 11) is 0. The lowest BCUT2D eigenvalue weighted by Gasteiger charge is -2.05. The van der Waals surface area contributed by atoms with E-state index in [0.717, 1.165) is 26.9 Å². The number of nitrogens with one attached hydrogen (secondary N) is 2. The van der Waals surface area contributed by atoms with Gasteiger partial charge in [0, 0.05) is 15.6 Å². The van der Waals surface area contributed by atoms with Crippen LogP contribution in [0.1, 0.15) is 21.7 Å². The third kappa shape index (κ3) is 4.34. The number of carbonyl (C=O) groups is 1. The fraction of sp³-hybridized carbons (Fsp3) is 0.0952. The fourth-order valence-corrected chi connectivity index (χ4v) is 4.30. The molecule has 0 unspecified atom stereocenters. The summed E-state index contributed by atoms with van der Waals surface area (Å²) in [5, 5.41) is 7.50. The Balaban J connectivity index is 1.44. The lowest BCUT2D eigenvalue weighted by Crippen LogP contribution is -2.33. The van der Waals surface area contributed by atoms with E-state index in [9.17, 15) is 4.79 Å². The average Bonchev–Trinajstić information content (AvgIpc) is 3.31. The van der Waals surface area contributed by atoms with Crippen molar-refractivity contribution in [2.24, 2.45) is 0 Å². The van der Waals surface area contributed by atoms with Crippen molar-refractivity contribution >= 4 is 73.1 Å². The highest BCUT2D eigenvalue weighted by Crippen LogP contribution is 2.30. The van der Waals surface area contributed by atoms with E-state index in [4.69, 9.17) is 39.8 Å². The number of anilines is 1. The van der Waals surface area contributed by atoms with Gasteiger partial charge in [-0.05, 0) is 67.5 Å². The van der Waals surface area contributed by atoms with Crippen molar-refractivity contribution in [1.82, 2.24) is 10.3 Å². The third-order valence-corrected chi connectivity index (χ3v) is 6.35. The number of carbonyl (C=O) groups excluding carboxylic acids is 1. The number of fused-ring (bicyclic) bond motifs is 1. The van der Waals surface area contributed by atoms with Crippen molar-refractivity contribution in [3.05, 3.63) is 69.4 Å². The molecule has 152 valence electrons. The first-order valence-corrected chi connectivity index (χ1v) is 10.8. The Kier molecular flexibility index (Phi) is 5.79. The summed E-state index contributed by atoms with van der Waals surface area (Å²) in [6, 6.07) is 12.6. The molecular weight excluding hydrogens is 461 g/mol. The Morgan fingerprint density at radius 1 is 1.07 bits per heavy atom. The summed E-state index contributed by atoms with van der Waals surface area (Å²) < 4.78 is 6.64. The zero-order valence-corrected chi connectivity index (χ0v) is 19.0. The van der Waals surface area contributed by atoms with Crippen LogP contribution in [0.4, 0.5) is 5.13 Å². The highest BCUT2D eigenvalue weighted by Gasteiger charge is 2.15. The van der Waals surface area contributed by atoms with Crippen LogP contribution in [0.2, 0.25) is 10.0 Å². The molecule has 0 radical (unpaired) electrons. The van der Waals surface area contributed by atoms with Gasteiger partial charge in [0.25, 0.3) is 5.91 Å². The molecule has 2 aromatic heterocycles. The maximum absolute atomic E-state index is 12.5. The first-order chi connectivity index (χ1) is 14.3. The van der Waals surface area contributed by atoms with Crippen LogP contribution in [0.5, 0.6) is 0 Å². The molecule has 0 spiro atoms. The topological polar surface area (TPSA) is 67.2 Å². The second-order valence-electron chi connectivity index (χ2n) is 6.62. The highest BCUT2D eigenvalue weighted by molar-refractivity contribution is 7.80. The summed E-state index contributed by atoms with van der Waals surface area (Å²) >= 11 is 19.0. The van der Waals surface area contributed by atoms with Crippen molar-refractivity contribution in [3.8, 4) is 11.3 Å². The molecule has 0 fully saturated rings. The van der Waals surface area contributed by atoms with Crippen LogP contribution in [0.3, 0.4) is 0 Å². The van der Waals surface area contributed by atoms with Gasteiger partial charge in [0.2, 0.25) is 0 Å². The zero-order chi connectivity index (χ0) is 21.4. The molecule has 0 atom stereocenters. The lowest BCUT2D eigenvalue weighted by atomic mass is 10.1. The number of nitrogens with zero attached hydrogens (tertiary/aromatic N) is 1. The zero-order valence-electron chi connectivity index (χ0n) is 15.9. The van der Waals surface area contributed by atoms with Crippen molar-refractivity contribution in [2.75, 3.05) is 5.32 Å². The van der Waals surface area contributed by atoms with E-state index >= 15 is 0 Å². The van der Waals surface area contributed by atoms with Gasteiger partial charge in [-0.1, -0.05) is 46.7 Å². The molecule has 4 aromatic rings. The maximum Gasteiger partial charge on any atom is 0.293 e. The minimum absolute atomic E-state index is 0.123. The fourth-order valence-electron chi connectivity index (χ4n) is 2.76. The summed E-state index contributed by atoms with van der Waals surface area (Å²) in [6.07, 6.45) is 0. The van der Waals surface area contributed by atoms with Gasteiger partial charge in [-0.3, -0.25) is 10.1 Å². The number of thiocarbonyl (C=S) groups is 1. The van der Waals surface area contributed by atoms with Crippen LogP contribution in [0.25, 0.3) is 21.5 Å². The summed E-state index contributed by atoms with van der Waals surface area (Å²) in [5.74, 6) is 0.217. The van der Waals surface area contributed by atoms with Crippen molar-refractivity contribution in [1.29, 1.82) is 0 Å². The molecule has 0 saturated heterocycles. The smallest absolute Gasteiger partial charge is 0.293 e. The second kappa shape index (κ2) is 8.35. The van der Waals surface area contributed by atoms with Crippen LogP contribution < -0.4 is 10.6 Å². The minimum Gasteiger partial charge on any atom is -0.451 e. The number of thiazole rings is 1. The Morgan fingerprint density at radius 3 is 2.60 bits per heavy atom. The van der Waals surface area contributed by atoms with E-state index in [-0.39, 0.29) is 10.9 Å². The van der Waals surface area contributed by atoms with Crippen LogP contribution in [0.15, 0.2) is 46.9 Å². The Labute approximate surface area is 192 Å². The molecule has 0 bridgehead atoms. The molecule has 4 rings (SSSR count). The van der Waals surface area contributed by atoms with Crippen LogP contribution >= 0.6 is 46.8 Å². The van der Waals surface area contributed by atoms with Gasteiger partial charge >= 0.3 is 0 Å². The predicted octanol–water partition coefficient (Wildman–Crippen LogP) is 6.61.